The molecule has 0 saturated carbocycles. The van der Waals surface area contributed by atoms with Gasteiger partial charge >= 0.3 is 11.9 Å². The Bertz CT molecular complexity index is 783. The molecule has 5 unspecified atom stereocenters. The zero-order chi connectivity index (χ0) is 25.6. The number of carbonyl (C=O) groups excluding carboxylic acids is 3. The van der Waals surface area contributed by atoms with Crippen LogP contribution in [0.3, 0.4) is 0 Å². The number of rotatable bonds is 14. The lowest BCUT2D eigenvalue weighted by Gasteiger charge is -2.44. The molecule has 1 aromatic carbocycles. The smallest absolute Gasteiger partial charge is 0.306 e. The summed E-state index contributed by atoms with van der Waals surface area (Å²) in [5, 5.41) is 2.96. The van der Waals surface area contributed by atoms with Crippen LogP contribution in [0, 0.1) is 11.8 Å². The maximum absolute atomic E-state index is 11.9. The highest BCUT2D eigenvalue weighted by atomic mass is 16.7. The second-order valence-corrected chi connectivity index (χ2v) is 9.32. The van der Waals surface area contributed by atoms with Crippen LogP contribution in [0.2, 0.25) is 0 Å². The molecule has 1 aliphatic rings. The highest BCUT2D eigenvalue weighted by Crippen LogP contribution is 2.32. The second kappa shape index (κ2) is 15.5. The molecule has 1 N–H and O–H groups in total. The van der Waals surface area contributed by atoms with E-state index in [1.807, 2.05) is 37.3 Å². The Balaban J connectivity index is 1.64. The molecular formula is C27H41NO7. The molecule has 1 amide bonds. The fourth-order valence-electron chi connectivity index (χ4n) is 4.17. The van der Waals surface area contributed by atoms with Crippen molar-refractivity contribution in [1.29, 1.82) is 0 Å². The monoisotopic (exact) mass is 491 g/mol. The fourth-order valence-corrected chi connectivity index (χ4v) is 4.17. The van der Waals surface area contributed by atoms with Crippen LogP contribution in [0.4, 0.5) is 0 Å². The largest absolute Gasteiger partial charge is 0.463 e. The van der Waals surface area contributed by atoms with Gasteiger partial charge in [-0.15, -0.1) is 0 Å². The van der Waals surface area contributed by atoms with Crippen molar-refractivity contribution in [1.82, 2.24) is 5.32 Å². The normalized spacial score (nSPS) is 23.9. The van der Waals surface area contributed by atoms with E-state index in [0.29, 0.717) is 19.6 Å². The van der Waals surface area contributed by atoms with Gasteiger partial charge in [-0.1, -0.05) is 63.4 Å². The maximum Gasteiger partial charge on any atom is 0.306 e. The van der Waals surface area contributed by atoms with Gasteiger partial charge in [0.2, 0.25) is 5.91 Å². The summed E-state index contributed by atoms with van der Waals surface area (Å²) in [4.78, 5) is 34.8. The molecular weight excluding hydrogens is 450 g/mol. The minimum absolute atomic E-state index is 0.0884. The number of unbranched alkanes of at least 4 members (excludes halogenated alkanes) is 4. The molecule has 1 aliphatic heterocycles. The maximum atomic E-state index is 11.9. The molecule has 8 heteroatoms. The first-order valence-corrected chi connectivity index (χ1v) is 12.6. The van der Waals surface area contributed by atoms with E-state index in [4.69, 9.17) is 18.9 Å². The number of esters is 2. The molecule has 0 spiro atoms. The quantitative estimate of drug-likeness (QED) is 0.308. The number of carbonyl (C=O) groups is 3. The zero-order valence-electron chi connectivity index (χ0n) is 21.5. The van der Waals surface area contributed by atoms with Crippen LogP contribution in [0.25, 0.3) is 0 Å². The molecule has 196 valence electrons. The number of benzene rings is 1. The SMILES string of the molecule is CC(=O)NC1C(OCCCCCCCC(=O)OCc2ccccc2)OC(COC(C)=O)C(C)C1C. The summed E-state index contributed by atoms with van der Waals surface area (Å²) in [5.41, 5.74) is 0.991. The minimum Gasteiger partial charge on any atom is -0.463 e. The molecule has 35 heavy (non-hydrogen) atoms. The van der Waals surface area contributed by atoms with Gasteiger partial charge < -0.3 is 24.3 Å². The summed E-state index contributed by atoms with van der Waals surface area (Å²) < 4.78 is 22.6. The van der Waals surface area contributed by atoms with Crippen LogP contribution in [-0.2, 0) is 39.9 Å². The number of hydrogen-bond donors (Lipinski definition) is 1. The molecule has 2 rings (SSSR count). The van der Waals surface area contributed by atoms with Gasteiger partial charge in [0, 0.05) is 26.9 Å². The second-order valence-electron chi connectivity index (χ2n) is 9.32. The Hall–Kier alpha value is -2.45. The van der Waals surface area contributed by atoms with Crippen LogP contribution in [-0.4, -0.2) is 49.5 Å². The van der Waals surface area contributed by atoms with Crippen LogP contribution >= 0.6 is 0 Å². The van der Waals surface area contributed by atoms with E-state index in [2.05, 4.69) is 12.2 Å². The lowest BCUT2D eigenvalue weighted by Crippen LogP contribution is -2.58. The van der Waals surface area contributed by atoms with Crippen molar-refractivity contribution in [3.05, 3.63) is 35.9 Å². The number of amides is 1. The third kappa shape index (κ3) is 10.8. The Kier molecular flexibility index (Phi) is 12.8. The average molecular weight is 492 g/mol. The van der Waals surface area contributed by atoms with E-state index in [-0.39, 0.29) is 48.4 Å². The van der Waals surface area contributed by atoms with Crippen molar-refractivity contribution >= 4 is 17.8 Å². The molecule has 5 atom stereocenters. The van der Waals surface area contributed by atoms with Crippen molar-refractivity contribution < 1.29 is 33.3 Å². The summed E-state index contributed by atoms with van der Waals surface area (Å²) >= 11 is 0. The van der Waals surface area contributed by atoms with Crippen molar-refractivity contribution in [3.63, 3.8) is 0 Å². The first-order valence-electron chi connectivity index (χ1n) is 12.6. The lowest BCUT2D eigenvalue weighted by molar-refractivity contribution is -0.244. The Labute approximate surface area is 209 Å². The lowest BCUT2D eigenvalue weighted by atomic mass is 9.82. The fraction of sp³-hybridized carbons (Fsp3) is 0.667. The van der Waals surface area contributed by atoms with Crippen molar-refractivity contribution in [2.75, 3.05) is 13.2 Å². The van der Waals surface area contributed by atoms with E-state index in [0.717, 1.165) is 37.7 Å². The van der Waals surface area contributed by atoms with Gasteiger partial charge in [0.15, 0.2) is 6.29 Å². The zero-order valence-corrected chi connectivity index (χ0v) is 21.5. The molecule has 0 radical (unpaired) electrons. The van der Waals surface area contributed by atoms with E-state index in [1.54, 1.807) is 0 Å². The topological polar surface area (TPSA) is 100 Å². The molecule has 1 fully saturated rings. The first kappa shape index (κ1) is 28.8. The summed E-state index contributed by atoms with van der Waals surface area (Å²) in [6.07, 6.45) is 4.13. The Morgan fingerprint density at radius 2 is 1.60 bits per heavy atom. The number of hydrogen-bond acceptors (Lipinski definition) is 7. The highest BCUT2D eigenvalue weighted by molar-refractivity contribution is 5.73. The van der Waals surface area contributed by atoms with E-state index in [1.165, 1.54) is 13.8 Å². The van der Waals surface area contributed by atoms with Crippen LogP contribution in [0.15, 0.2) is 30.3 Å². The van der Waals surface area contributed by atoms with Gasteiger partial charge in [-0.2, -0.15) is 0 Å². The molecule has 1 heterocycles. The van der Waals surface area contributed by atoms with E-state index >= 15 is 0 Å². The summed E-state index contributed by atoms with van der Waals surface area (Å²) in [6, 6.07) is 9.40. The van der Waals surface area contributed by atoms with Gasteiger partial charge in [-0.3, -0.25) is 14.4 Å². The number of ether oxygens (including phenoxy) is 4. The third-order valence-corrected chi connectivity index (χ3v) is 6.46. The van der Waals surface area contributed by atoms with Gasteiger partial charge in [0.05, 0.1) is 12.1 Å². The Morgan fingerprint density at radius 1 is 0.914 bits per heavy atom. The van der Waals surface area contributed by atoms with Gasteiger partial charge in [-0.05, 0) is 30.2 Å². The van der Waals surface area contributed by atoms with Crippen molar-refractivity contribution in [3.8, 4) is 0 Å². The Morgan fingerprint density at radius 3 is 2.29 bits per heavy atom. The van der Waals surface area contributed by atoms with Gasteiger partial charge in [0.1, 0.15) is 13.2 Å². The molecule has 0 aliphatic carbocycles. The van der Waals surface area contributed by atoms with Gasteiger partial charge in [-0.25, -0.2) is 0 Å². The van der Waals surface area contributed by atoms with Crippen LogP contribution in [0.5, 0.6) is 0 Å². The average Bonchev–Trinajstić information content (AvgIpc) is 2.83. The number of nitrogens with one attached hydrogen (secondary N) is 1. The van der Waals surface area contributed by atoms with Crippen molar-refractivity contribution in [2.24, 2.45) is 11.8 Å². The molecule has 1 aromatic rings. The summed E-state index contributed by atoms with van der Waals surface area (Å²) in [7, 11) is 0. The summed E-state index contributed by atoms with van der Waals surface area (Å²) in [6.45, 7) is 7.92. The predicted octanol–water partition coefficient (Wildman–Crippen LogP) is 4.15. The van der Waals surface area contributed by atoms with Gasteiger partial charge in [0.25, 0.3) is 0 Å². The standard InChI is InChI=1S/C27H41NO7/c1-19-20(2)26(28-21(3)29)27(35-24(19)18-33-22(4)30)32-16-12-7-5-6-11-15-25(31)34-17-23-13-9-8-10-14-23/h8-10,13-14,19-20,24,26-27H,5-7,11-12,15-18H2,1-4H3,(H,28,29). The van der Waals surface area contributed by atoms with Crippen LogP contribution < -0.4 is 5.32 Å². The van der Waals surface area contributed by atoms with E-state index in [9.17, 15) is 14.4 Å². The molecule has 0 aromatic heterocycles. The first-order chi connectivity index (χ1) is 16.8. The molecule has 1 saturated heterocycles. The van der Waals surface area contributed by atoms with Crippen LogP contribution in [0.1, 0.15) is 71.8 Å². The highest BCUT2D eigenvalue weighted by Gasteiger charge is 2.42. The van der Waals surface area contributed by atoms with E-state index < -0.39 is 6.29 Å². The molecule has 0 bridgehead atoms. The van der Waals surface area contributed by atoms with Crippen molar-refractivity contribution in [2.45, 2.75) is 91.3 Å². The third-order valence-electron chi connectivity index (χ3n) is 6.46. The minimum atomic E-state index is -0.593. The molecule has 8 nitrogen and oxygen atoms in total. The summed E-state index contributed by atoms with van der Waals surface area (Å²) in [5.74, 6) is -0.459. The predicted molar refractivity (Wildman–Crippen MR) is 131 cm³/mol.